The van der Waals surface area contributed by atoms with Crippen molar-refractivity contribution >= 4 is 46.0 Å². The van der Waals surface area contributed by atoms with E-state index in [1.54, 1.807) is 46.8 Å². The third-order valence-corrected chi connectivity index (χ3v) is 9.60. The van der Waals surface area contributed by atoms with Crippen molar-refractivity contribution < 1.29 is 19.5 Å². The molecule has 1 saturated heterocycles. The normalized spacial score (nSPS) is 13.9. The Morgan fingerprint density at radius 3 is 2.34 bits per heavy atom. The van der Waals surface area contributed by atoms with Crippen LogP contribution in [0.1, 0.15) is 50.4 Å². The molecule has 0 saturated carbocycles. The minimum absolute atomic E-state index is 0.00747. The van der Waals surface area contributed by atoms with Crippen LogP contribution in [0.2, 0.25) is 0 Å². The maximum atomic E-state index is 13.0. The molecule has 1 aliphatic rings. The third kappa shape index (κ3) is 8.32. The van der Waals surface area contributed by atoms with Crippen molar-refractivity contribution in [3.8, 4) is 0 Å². The quantitative estimate of drug-likeness (QED) is 0.204. The zero-order valence-electron chi connectivity index (χ0n) is 24.4. The zero-order chi connectivity index (χ0) is 30.9. The Balaban J connectivity index is 1.09. The van der Waals surface area contributed by atoms with E-state index in [0.29, 0.717) is 54.7 Å². The maximum absolute atomic E-state index is 13.0. The second-order valence-corrected chi connectivity index (χ2v) is 12.8. The van der Waals surface area contributed by atoms with Crippen LogP contribution in [0.3, 0.4) is 0 Å². The number of nitrogens with one attached hydrogen (secondary N) is 2. The number of amides is 3. The van der Waals surface area contributed by atoms with Crippen LogP contribution in [-0.2, 0) is 17.1 Å². The van der Waals surface area contributed by atoms with Crippen molar-refractivity contribution in [1.82, 2.24) is 20.1 Å². The minimum Gasteiger partial charge on any atom is -0.394 e. The van der Waals surface area contributed by atoms with Gasteiger partial charge in [0.05, 0.1) is 23.1 Å². The summed E-state index contributed by atoms with van der Waals surface area (Å²) < 4.78 is 0.954. The minimum atomic E-state index is -0.233. The molecule has 5 rings (SSSR count). The number of carbonyl (C=O) groups is 3. The van der Waals surface area contributed by atoms with E-state index in [2.05, 4.69) is 15.6 Å². The molecule has 11 heteroatoms. The number of thiazole rings is 1. The van der Waals surface area contributed by atoms with Gasteiger partial charge >= 0.3 is 0 Å². The maximum Gasteiger partial charge on any atom is 0.257 e. The molecule has 0 radical (unpaired) electrons. The number of hydrogen-bond donors (Lipinski definition) is 3. The van der Waals surface area contributed by atoms with Crippen molar-refractivity contribution in [3.63, 3.8) is 0 Å². The fraction of sp³-hybridized carbons (Fsp3) is 0.273. The largest absolute Gasteiger partial charge is 0.394 e. The number of benzene rings is 3. The summed E-state index contributed by atoms with van der Waals surface area (Å²) in [7, 11) is 0. The summed E-state index contributed by atoms with van der Waals surface area (Å²) in [6.45, 7) is 4.30. The van der Waals surface area contributed by atoms with Crippen LogP contribution >= 0.6 is 23.1 Å². The average Bonchev–Trinajstić information content (AvgIpc) is 3.51. The van der Waals surface area contributed by atoms with Crippen molar-refractivity contribution in [2.24, 2.45) is 0 Å². The highest BCUT2D eigenvalue weighted by Gasteiger charge is 2.23. The van der Waals surface area contributed by atoms with Crippen LogP contribution in [0.4, 0.5) is 5.13 Å². The number of carbonyl (C=O) groups excluding carboxylic acids is 3. The van der Waals surface area contributed by atoms with E-state index in [0.717, 1.165) is 20.9 Å². The molecular formula is C33H35N5O4S2. The van der Waals surface area contributed by atoms with Gasteiger partial charge in [0.1, 0.15) is 0 Å². The first-order valence-electron chi connectivity index (χ1n) is 14.4. The van der Waals surface area contributed by atoms with E-state index in [1.165, 1.54) is 11.3 Å². The van der Waals surface area contributed by atoms with Gasteiger partial charge in [0, 0.05) is 56.5 Å². The molecule has 4 aromatic rings. The van der Waals surface area contributed by atoms with E-state index in [4.69, 9.17) is 0 Å². The van der Waals surface area contributed by atoms with Gasteiger partial charge in [-0.05, 0) is 41.0 Å². The van der Waals surface area contributed by atoms with Crippen molar-refractivity contribution in [2.75, 3.05) is 38.1 Å². The van der Waals surface area contributed by atoms with Crippen molar-refractivity contribution in [1.29, 1.82) is 0 Å². The summed E-state index contributed by atoms with van der Waals surface area (Å²) in [5, 5.41) is 16.5. The number of hydrogen-bond acceptors (Lipinski definition) is 8. The zero-order valence-corrected chi connectivity index (χ0v) is 26.1. The number of piperazine rings is 1. The van der Waals surface area contributed by atoms with Crippen LogP contribution in [0, 0.1) is 0 Å². The standard InChI is InChI=1S/C33H35N5O4S2/c1-23(40)37-14-16-38(17-15-37)32(42)28-9-5-6-25(18-28)22-43-30-20-35-33(44-30)36-31(41)27-12-10-24(11-13-27)19-34-29(21-39)26-7-3-2-4-8-26/h2-13,18,20,29,34,39H,14-17,19,21-22H2,1H3,(H,35,36,41). The number of aliphatic hydroxyl groups excluding tert-OH is 1. The van der Waals surface area contributed by atoms with Gasteiger partial charge in [-0.2, -0.15) is 0 Å². The molecule has 1 aromatic heterocycles. The molecule has 3 amide bonds. The number of rotatable bonds is 11. The Bertz CT molecular complexity index is 1570. The summed E-state index contributed by atoms with van der Waals surface area (Å²) in [5.74, 6) is 0.445. The third-order valence-electron chi connectivity index (χ3n) is 7.43. The summed E-state index contributed by atoms with van der Waals surface area (Å²) in [5.41, 5.74) is 4.22. The molecule has 0 spiro atoms. The van der Waals surface area contributed by atoms with Gasteiger partial charge in [-0.25, -0.2) is 4.98 Å². The van der Waals surface area contributed by atoms with Crippen LogP contribution in [0.15, 0.2) is 89.3 Å². The van der Waals surface area contributed by atoms with Crippen molar-refractivity contribution in [3.05, 3.63) is 113 Å². The smallest absolute Gasteiger partial charge is 0.257 e. The molecule has 0 bridgehead atoms. The molecule has 1 aliphatic heterocycles. The van der Waals surface area contributed by atoms with E-state index >= 15 is 0 Å². The molecule has 3 N–H and O–H groups in total. The monoisotopic (exact) mass is 629 g/mol. The number of nitrogens with zero attached hydrogens (tertiary/aromatic N) is 3. The van der Waals surface area contributed by atoms with E-state index in [-0.39, 0.29) is 30.4 Å². The fourth-order valence-electron chi connectivity index (χ4n) is 4.90. The predicted octanol–water partition coefficient (Wildman–Crippen LogP) is 4.82. The number of aliphatic hydroxyl groups is 1. The van der Waals surface area contributed by atoms with E-state index in [9.17, 15) is 19.5 Å². The molecular weight excluding hydrogens is 595 g/mol. The molecule has 1 fully saturated rings. The Hall–Kier alpha value is -4.03. The fourth-order valence-corrected chi connectivity index (χ4v) is 6.71. The second-order valence-electron chi connectivity index (χ2n) is 10.4. The first-order valence-corrected chi connectivity index (χ1v) is 16.2. The lowest BCUT2D eigenvalue weighted by atomic mass is 10.1. The van der Waals surface area contributed by atoms with Gasteiger partial charge in [-0.15, -0.1) is 11.8 Å². The highest BCUT2D eigenvalue weighted by atomic mass is 32.2. The lowest BCUT2D eigenvalue weighted by Gasteiger charge is -2.34. The first-order chi connectivity index (χ1) is 21.4. The molecule has 1 unspecified atom stereocenters. The lowest BCUT2D eigenvalue weighted by Crippen LogP contribution is -2.50. The Kier molecular flexibility index (Phi) is 10.8. The highest BCUT2D eigenvalue weighted by molar-refractivity contribution is 8.00. The van der Waals surface area contributed by atoms with Crippen LogP contribution < -0.4 is 10.6 Å². The molecule has 9 nitrogen and oxygen atoms in total. The Morgan fingerprint density at radius 1 is 0.909 bits per heavy atom. The van der Waals surface area contributed by atoms with Gasteiger partial charge in [0.25, 0.3) is 11.8 Å². The van der Waals surface area contributed by atoms with Gasteiger partial charge in [-0.1, -0.05) is 65.9 Å². The van der Waals surface area contributed by atoms with Crippen LogP contribution in [0.25, 0.3) is 0 Å². The molecule has 3 aromatic carbocycles. The van der Waals surface area contributed by atoms with Gasteiger partial charge < -0.3 is 20.2 Å². The topological polar surface area (TPSA) is 115 Å². The van der Waals surface area contributed by atoms with Crippen LogP contribution in [0.5, 0.6) is 0 Å². The van der Waals surface area contributed by atoms with E-state index in [1.807, 2.05) is 66.7 Å². The van der Waals surface area contributed by atoms with E-state index < -0.39 is 0 Å². The SMILES string of the molecule is CC(=O)N1CCN(C(=O)c2cccc(CSc3cnc(NC(=O)c4ccc(CNC(CO)c5ccccc5)cc4)s3)c2)CC1. The molecule has 44 heavy (non-hydrogen) atoms. The predicted molar refractivity (Wildman–Crippen MR) is 174 cm³/mol. The summed E-state index contributed by atoms with van der Waals surface area (Å²) in [4.78, 5) is 45.4. The number of anilines is 1. The molecule has 228 valence electrons. The van der Waals surface area contributed by atoms with Gasteiger partial charge in [0.2, 0.25) is 5.91 Å². The average molecular weight is 630 g/mol. The summed E-state index contributed by atoms with van der Waals surface area (Å²) >= 11 is 3.00. The Labute approximate surface area is 265 Å². The highest BCUT2D eigenvalue weighted by Crippen LogP contribution is 2.31. The number of thioether (sulfide) groups is 1. The number of aromatic nitrogens is 1. The molecule has 1 atom stereocenters. The Morgan fingerprint density at radius 2 is 1.64 bits per heavy atom. The first kappa shape index (κ1) is 31.4. The lowest BCUT2D eigenvalue weighted by molar-refractivity contribution is -0.130. The van der Waals surface area contributed by atoms with Crippen LogP contribution in [-0.4, -0.2) is 70.4 Å². The summed E-state index contributed by atoms with van der Waals surface area (Å²) in [6.07, 6.45) is 1.74. The molecule has 0 aliphatic carbocycles. The second kappa shape index (κ2) is 15.1. The van der Waals surface area contributed by atoms with Crippen molar-refractivity contribution in [2.45, 2.75) is 29.5 Å². The summed E-state index contributed by atoms with van der Waals surface area (Å²) in [6, 6.07) is 24.6. The van der Waals surface area contributed by atoms with Gasteiger partial charge in [-0.3, -0.25) is 19.7 Å². The molecule has 2 heterocycles. The van der Waals surface area contributed by atoms with Gasteiger partial charge in [0.15, 0.2) is 5.13 Å².